The molecule has 2 nitrogen and oxygen atoms in total. The fourth-order valence-corrected chi connectivity index (χ4v) is 2.26. The molecule has 0 spiro atoms. The summed E-state index contributed by atoms with van der Waals surface area (Å²) in [4.78, 5) is 0. The van der Waals surface area contributed by atoms with Crippen molar-refractivity contribution in [3.8, 4) is 0 Å². The van der Waals surface area contributed by atoms with Gasteiger partial charge in [-0.3, -0.25) is 0 Å². The maximum Gasteiger partial charge on any atom is 0.0957 e. The number of rotatable bonds is 2. The van der Waals surface area contributed by atoms with Gasteiger partial charge in [-0.25, -0.2) is 0 Å². The Hall–Kier alpha value is -0.860. The van der Waals surface area contributed by atoms with Gasteiger partial charge >= 0.3 is 0 Å². The highest BCUT2D eigenvalue weighted by Gasteiger charge is 2.36. The molecule has 1 N–H and O–H groups in total. The summed E-state index contributed by atoms with van der Waals surface area (Å²) in [6.07, 6.45) is 0.177. The number of hydrogen-bond donors (Lipinski definition) is 1. The summed E-state index contributed by atoms with van der Waals surface area (Å²) >= 11 is 0. The van der Waals surface area contributed by atoms with Gasteiger partial charge in [0.25, 0.3) is 0 Å². The Kier molecular flexibility index (Phi) is 3.55. The molecule has 0 aromatic heterocycles. The second-order valence-electron chi connectivity index (χ2n) is 5.62. The molecule has 0 bridgehead atoms. The third-order valence-electron chi connectivity index (χ3n) is 3.85. The maximum absolute atomic E-state index is 6.31. The van der Waals surface area contributed by atoms with Crippen LogP contribution in [0.25, 0.3) is 0 Å². The summed E-state index contributed by atoms with van der Waals surface area (Å²) in [6, 6.07) is 8.61. The van der Waals surface area contributed by atoms with E-state index in [1.807, 2.05) is 0 Å². The molecule has 1 aromatic rings. The van der Waals surface area contributed by atoms with Crippen LogP contribution in [0, 0.1) is 12.8 Å². The highest BCUT2D eigenvalue weighted by Crippen LogP contribution is 2.32. The number of ether oxygens (including phenoxy) is 1. The predicted molar refractivity (Wildman–Crippen MR) is 71.1 cm³/mol. The molecule has 1 aliphatic rings. The number of hydrogen-bond acceptors (Lipinski definition) is 2. The molecule has 1 heterocycles. The van der Waals surface area contributed by atoms with Gasteiger partial charge in [0.15, 0.2) is 0 Å². The van der Waals surface area contributed by atoms with Crippen molar-refractivity contribution in [1.82, 2.24) is 5.32 Å². The average Bonchev–Trinajstić information content (AvgIpc) is 2.29. The van der Waals surface area contributed by atoms with Crippen molar-refractivity contribution < 1.29 is 4.74 Å². The SMILES string of the molecule is Cc1cccc(C2CNCC(C)(C(C)C)O2)c1. The van der Waals surface area contributed by atoms with Gasteiger partial charge in [0, 0.05) is 13.1 Å². The van der Waals surface area contributed by atoms with Crippen LogP contribution < -0.4 is 5.32 Å². The van der Waals surface area contributed by atoms with Crippen molar-refractivity contribution in [2.24, 2.45) is 5.92 Å². The normalized spacial score (nSPS) is 29.6. The molecule has 1 aromatic carbocycles. The Morgan fingerprint density at radius 2 is 2.18 bits per heavy atom. The summed E-state index contributed by atoms with van der Waals surface area (Å²) in [7, 11) is 0. The molecule has 17 heavy (non-hydrogen) atoms. The van der Waals surface area contributed by atoms with E-state index in [9.17, 15) is 0 Å². The Morgan fingerprint density at radius 1 is 1.41 bits per heavy atom. The monoisotopic (exact) mass is 233 g/mol. The van der Waals surface area contributed by atoms with Crippen molar-refractivity contribution in [2.45, 2.75) is 39.4 Å². The van der Waals surface area contributed by atoms with Crippen molar-refractivity contribution in [1.29, 1.82) is 0 Å². The molecule has 94 valence electrons. The predicted octanol–water partition coefficient (Wildman–Crippen LogP) is 3.07. The Balaban J connectivity index is 2.18. The van der Waals surface area contributed by atoms with Crippen LogP contribution in [0.2, 0.25) is 0 Å². The first-order chi connectivity index (χ1) is 8.01. The molecule has 1 saturated heterocycles. The van der Waals surface area contributed by atoms with E-state index < -0.39 is 0 Å². The second-order valence-corrected chi connectivity index (χ2v) is 5.62. The number of morpholine rings is 1. The average molecular weight is 233 g/mol. The summed E-state index contributed by atoms with van der Waals surface area (Å²) in [6.45, 7) is 10.6. The number of aryl methyl sites for hydroxylation is 1. The van der Waals surface area contributed by atoms with Crippen LogP contribution in [-0.2, 0) is 4.74 Å². The number of nitrogens with one attached hydrogen (secondary N) is 1. The lowest BCUT2D eigenvalue weighted by molar-refractivity contribution is -0.132. The highest BCUT2D eigenvalue weighted by molar-refractivity contribution is 5.25. The van der Waals surface area contributed by atoms with Gasteiger partial charge in [-0.05, 0) is 25.3 Å². The highest BCUT2D eigenvalue weighted by atomic mass is 16.5. The van der Waals surface area contributed by atoms with Crippen molar-refractivity contribution in [2.75, 3.05) is 13.1 Å². The van der Waals surface area contributed by atoms with E-state index in [0.29, 0.717) is 5.92 Å². The largest absolute Gasteiger partial charge is 0.364 e. The van der Waals surface area contributed by atoms with E-state index in [0.717, 1.165) is 13.1 Å². The topological polar surface area (TPSA) is 21.3 Å². The van der Waals surface area contributed by atoms with Crippen LogP contribution in [0.4, 0.5) is 0 Å². The molecular formula is C15H23NO. The van der Waals surface area contributed by atoms with Gasteiger partial charge in [0.1, 0.15) is 0 Å². The molecule has 2 rings (SSSR count). The lowest BCUT2D eigenvalue weighted by Crippen LogP contribution is -2.52. The van der Waals surface area contributed by atoms with Gasteiger partial charge in [-0.1, -0.05) is 43.7 Å². The standard InChI is InChI=1S/C15H23NO/c1-11(2)15(4)10-16-9-14(17-15)13-7-5-6-12(3)8-13/h5-8,11,14,16H,9-10H2,1-4H3. The van der Waals surface area contributed by atoms with E-state index in [1.54, 1.807) is 0 Å². The molecule has 0 amide bonds. The van der Waals surface area contributed by atoms with Crippen LogP contribution in [0.1, 0.15) is 38.0 Å². The first-order valence-corrected chi connectivity index (χ1v) is 6.46. The minimum absolute atomic E-state index is 0.0628. The van der Waals surface area contributed by atoms with Crippen LogP contribution in [0.15, 0.2) is 24.3 Å². The summed E-state index contributed by atoms with van der Waals surface area (Å²) in [5.41, 5.74) is 2.51. The van der Waals surface area contributed by atoms with E-state index in [2.05, 4.69) is 57.3 Å². The van der Waals surface area contributed by atoms with E-state index >= 15 is 0 Å². The second kappa shape index (κ2) is 4.79. The fourth-order valence-electron chi connectivity index (χ4n) is 2.26. The molecule has 2 unspecified atom stereocenters. The molecule has 0 radical (unpaired) electrons. The quantitative estimate of drug-likeness (QED) is 0.847. The Morgan fingerprint density at radius 3 is 2.82 bits per heavy atom. The smallest absolute Gasteiger partial charge is 0.0957 e. The third-order valence-corrected chi connectivity index (χ3v) is 3.85. The van der Waals surface area contributed by atoms with Crippen LogP contribution in [0.3, 0.4) is 0 Å². The molecule has 0 aliphatic carbocycles. The third kappa shape index (κ3) is 2.70. The zero-order chi connectivity index (χ0) is 12.5. The lowest BCUT2D eigenvalue weighted by Gasteiger charge is -2.42. The minimum Gasteiger partial charge on any atom is -0.364 e. The molecule has 1 aliphatic heterocycles. The van der Waals surface area contributed by atoms with E-state index in [-0.39, 0.29) is 11.7 Å². The van der Waals surface area contributed by atoms with Gasteiger partial charge in [0.2, 0.25) is 0 Å². The molecule has 0 saturated carbocycles. The molecule has 2 atom stereocenters. The first kappa shape index (κ1) is 12.6. The first-order valence-electron chi connectivity index (χ1n) is 6.46. The van der Waals surface area contributed by atoms with Gasteiger partial charge in [0.05, 0.1) is 11.7 Å². The summed E-state index contributed by atoms with van der Waals surface area (Å²) in [5, 5.41) is 3.50. The minimum atomic E-state index is -0.0628. The van der Waals surface area contributed by atoms with Gasteiger partial charge in [-0.2, -0.15) is 0 Å². The lowest BCUT2D eigenvalue weighted by atomic mass is 9.89. The molecular weight excluding hydrogens is 210 g/mol. The molecule has 2 heteroatoms. The maximum atomic E-state index is 6.31. The zero-order valence-corrected chi connectivity index (χ0v) is 11.3. The summed E-state index contributed by atoms with van der Waals surface area (Å²) in [5.74, 6) is 0.516. The number of benzene rings is 1. The Labute approximate surface area is 104 Å². The van der Waals surface area contributed by atoms with Crippen LogP contribution in [0.5, 0.6) is 0 Å². The fraction of sp³-hybridized carbons (Fsp3) is 0.600. The molecule has 1 fully saturated rings. The Bertz CT molecular complexity index is 388. The van der Waals surface area contributed by atoms with Gasteiger partial charge < -0.3 is 10.1 Å². The summed E-state index contributed by atoms with van der Waals surface area (Å²) < 4.78 is 6.31. The van der Waals surface area contributed by atoms with Crippen molar-refractivity contribution in [3.05, 3.63) is 35.4 Å². The van der Waals surface area contributed by atoms with Crippen molar-refractivity contribution in [3.63, 3.8) is 0 Å². The van der Waals surface area contributed by atoms with Crippen molar-refractivity contribution >= 4 is 0 Å². The zero-order valence-electron chi connectivity index (χ0n) is 11.3. The van der Waals surface area contributed by atoms with Crippen LogP contribution in [-0.4, -0.2) is 18.7 Å². The van der Waals surface area contributed by atoms with Crippen LogP contribution >= 0.6 is 0 Å². The van der Waals surface area contributed by atoms with Gasteiger partial charge in [-0.15, -0.1) is 0 Å². The van der Waals surface area contributed by atoms with E-state index in [1.165, 1.54) is 11.1 Å². The van der Waals surface area contributed by atoms with E-state index in [4.69, 9.17) is 4.74 Å².